The van der Waals surface area contributed by atoms with Crippen LogP contribution in [0.1, 0.15) is 23.7 Å². The molecule has 0 aliphatic carbocycles. The highest BCUT2D eigenvalue weighted by Gasteiger charge is 2.22. The number of fused-ring (bicyclic) bond motifs is 1. The zero-order chi connectivity index (χ0) is 21.3. The van der Waals surface area contributed by atoms with E-state index in [9.17, 15) is 9.90 Å². The van der Waals surface area contributed by atoms with E-state index in [4.69, 9.17) is 16.3 Å². The normalized spacial score (nSPS) is 11.2. The first-order chi connectivity index (χ1) is 14.5. The molecule has 0 amide bonds. The fraction of sp³-hybridized carbons (Fsp3) is 0.182. The maximum Gasteiger partial charge on any atom is 0.335 e. The number of aromatic carboxylic acids is 1. The van der Waals surface area contributed by atoms with Crippen LogP contribution in [0, 0.1) is 0 Å². The highest BCUT2D eigenvalue weighted by molar-refractivity contribution is 7.99. The number of aryl methyl sites for hydroxylation is 1. The van der Waals surface area contributed by atoms with Crippen molar-refractivity contribution in [3.8, 4) is 11.6 Å². The summed E-state index contributed by atoms with van der Waals surface area (Å²) >= 11 is 7.77. The Bertz CT molecular complexity index is 1230. The summed E-state index contributed by atoms with van der Waals surface area (Å²) in [5.41, 5.74) is 2.01. The third-order valence-electron chi connectivity index (χ3n) is 4.67. The van der Waals surface area contributed by atoms with Gasteiger partial charge in [-0.15, -0.1) is 0 Å². The summed E-state index contributed by atoms with van der Waals surface area (Å²) in [5.74, 6) is -0.309. The quantitative estimate of drug-likeness (QED) is 0.395. The Hall–Kier alpha value is -2.90. The van der Waals surface area contributed by atoms with Crippen LogP contribution in [0.3, 0.4) is 0 Å². The van der Waals surface area contributed by atoms with Crippen molar-refractivity contribution >= 4 is 40.2 Å². The zero-order valence-corrected chi connectivity index (χ0v) is 18.1. The van der Waals surface area contributed by atoms with Gasteiger partial charge >= 0.3 is 5.97 Å². The molecule has 0 unspecified atom stereocenters. The Morgan fingerprint density at radius 1 is 1.27 bits per heavy atom. The predicted octanol–water partition coefficient (Wildman–Crippen LogP) is 5.75. The first-order valence-corrected chi connectivity index (χ1v) is 10.6. The molecule has 0 aliphatic rings. The van der Waals surface area contributed by atoms with Crippen molar-refractivity contribution in [2.24, 2.45) is 0 Å². The van der Waals surface area contributed by atoms with Crippen molar-refractivity contribution in [3.63, 3.8) is 0 Å². The summed E-state index contributed by atoms with van der Waals surface area (Å²) in [6, 6.07) is 12.5. The minimum absolute atomic E-state index is 0.242. The molecule has 6 nitrogen and oxygen atoms in total. The first-order valence-electron chi connectivity index (χ1n) is 9.43. The van der Waals surface area contributed by atoms with E-state index in [0.29, 0.717) is 10.9 Å². The molecule has 0 atom stereocenters. The van der Waals surface area contributed by atoms with E-state index >= 15 is 0 Å². The monoisotopic (exact) mass is 441 g/mol. The highest BCUT2D eigenvalue weighted by Crippen LogP contribution is 2.45. The summed E-state index contributed by atoms with van der Waals surface area (Å²) in [4.78, 5) is 13.1. The first kappa shape index (κ1) is 20.4. The number of methoxy groups -OCH3 is 1. The summed E-state index contributed by atoms with van der Waals surface area (Å²) in [7, 11) is 1.63. The van der Waals surface area contributed by atoms with E-state index in [1.165, 1.54) is 11.8 Å². The van der Waals surface area contributed by atoms with Gasteiger partial charge in [0.2, 0.25) is 5.88 Å². The van der Waals surface area contributed by atoms with Crippen LogP contribution in [-0.4, -0.2) is 32.5 Å². The molecule has 0 aliphatic heterocycles. The van der Waals surface area contributed by atoms with Crippen LogP contribution < -0.4 is 4.74 Å². The molecule has 0 fully saturated rings. The van der Waals surface area contributed by atoms with Crippen molar-refractivity contribution in [2.45, 2.75) is 29.7 Å². The van der Waals surface area contributed by atoms with Gasteiger partial charge in [0.05, 0.1) is 35.0 Å². The molecule has 4 aromatic rings. The van der Waals surface area contributed by atoms with Gasteiger partial charge in [0.1, 0.15) is 0 Å². The molecule has 0 saturated carbocycles. The SMILES string of the molecule is CCCn1cc(-n2c(OC)c(Sc3cccc(C(=O)O)c3)c3ccc(Cl)cc32)cn1. The van der Waals surface area contributed by atoms with Gasteiger partial charge in [0.15, 0.2) is 0 Å². The van der Waals surface area contributed by atoms with E-state index < -0.39 is 5.97 Å². The Kier molecular flexibility index (Phi) is 5.74. The number of benzene rings is 2. The van der Waals surface area contributed by atoms with Crippen LogP contribution in [0.15, 0.2) is 64.6 Å². The van der Waals surface area contributed by atoms with Crippen LogP contribution in [-0.2, 0) is 6.54 Å². The van der Waals surface area contributed by atoms with Crippen molar-refractivity contribution in [1.29, 1.82) is 0 Å². The molecule has 2 aromatic carbocycles. The molecule has 0 saturated heterocycles. The average molecular weight is 442 g/mol. The fourth-order valence-electron chi connectivity index (χ4n) is 3.38. The second-order valence-corrected chi connectivity index (χ2v) is 8.25. The van der Waals surface area contributed by atoms with Crippen LogP contribution in [0.25, 0.3) is 16.6 Å². The van der Waals surface area contributed by atoms with E-state index in [1.807, 2.05) is 39.7 Å². The van der Waals surface area contributed by atoms with Gasteiger partial charge in [0, 0.05) is 28.0 Å². The van der Waals surface area contributed by atoms with Crippen molar-refractivity contribution in [1.82, 2.24) is 14.3 Å². The lowest BCUT2D eigenvalue weighted by Crippen LogP contribution is -1.98. The molecule has 1 N–H and O–H groups in total. The van der Waals surface area contributed by atoms with E-state index in [2.05, 4.69) is 12.0 Å². The van der Waals surface area contributed by atoms with Crippen molar-refractivity contribution in [3.05, 3.63) is 65.4 Å². The van der Waals surface area contributed by atoms with Crippen LogP contribution in [0.2, 0.25) is 5.02 Å². The van der Waals surface area contributed by atoms with Crippen molar-refractivity contribution in [2.75, 3.05) is 7.11 Å². The van der Waals surface area contributed by atoms with Gasteiger partial charge in [-0.3, -0.25) is 9.25 Å². The molecule has 0 radical (unpaired) electrons. The smallest absolute Gasteiger partial charge is 0.335 e. The molecule has 30 heavy (non-hydrogen) atoms. The number of halogens is 1. The summed E-state index contributed by atoms with van der Waals surface area (Å²) in [6.07, 6.45) is 4.77. The summed E-state index contributed by atoms with van der Waals surface area (Å²) < 4.78 is 9.71. The maximum absolute atomic E-state index is 11.4. The third-order valence-corrected chi connectivity index (χ3v) is 5.99. The van der Waals surface area contributed by atoms with E-state index in [1.54, 1.807) is 31.5 Å². The van der Waals surface area contributed by atoms with Gasteiger partial charge in [-0.2, -0.15) is 5.10 Å². The number of aromatic nitrogens is 3. The Balaban J connectivity index is 1.89. The second-order valence-electron chi connectivity index (χ2n) is 6.73. The van der Waals surface area contributed by atoms with Crippen LogP contribution in [0.5, 0.6) is 5.88 Å². The van der Waals surface area contributed by atoms with Crippen LogP contribution >= 0.6 is 23.4 Å². The molecule has 2 aromatic heterocycles. The van der Waals surface area contributed by atoms with Gasteiger partial charge in [-0.05, 0) is 36.8 Å². The molecule has 4 rings (SSSR count). The van der Waals surface area contributed by atoms with Crippen molar-refractivity contribution < 1.29 is 14.6 Å². The number of carboxylic acid groups (broad SMARTS) is 1. The number of ether oxygens (including phenoxy) is 1. The predicted molar refractivity (Wildman–Crippen MR) is 118 cm³/mol. The molecule has 2 heterocycles. The van der Waals surface area contributed by atoms with E-state index in [0.717, 1.165) is 39.3 Å². The average Bonchev–Trinajstić information content (AvgIpc) is 3.30. The fourth-order valence-corrected chi connectivity index (χ4v) is 4.66. The Labute approximate surface area is 183 Å². The largest absolute Gasteiger partial charge is 0.481 e. The lowest BCUT2D eigenvalue weighted by molar-refractivity contribution is 0.0696. The Morgan fingerprint density at radius 2 is 2.10 bits per heavy atom. The standard InChI is InChI=1S/C22H20ClN3O3S/c1-3-9-25-13-16(12-24-25)26-19-11-15(23)7-8-18(19)20(21(26)29-2)30-17-6-4-5-14(10-17)22(27)28/h4-8,10-13H,3,9H2,1-2H3,(H,27,28). The number of nitrogens with zero attached hydrogens (tertiary/aromatic N) is 3. The minimum atomic E-state index is -0.957. The van der Waals surface area contributed by atoms with Crippen LogP contribution in [0.4, 0.5) is 0 Å². The Morgan fingerprint density at radius 3 is 2.83 bits per heavy atom. The molecule has 154 valence electrons. The third kappa shape index (κ3) is 3.78. The van der Waals surface area contributed by atoms with Gasteiger partial charge < -0.3 is 9.84 Å². The minimum Gasteiger partial charge on any atom is -0.481 e. The number of carboxylic acids is 1. The molecular formula is C22H20ClN3O3S. The lowest BCUT2D eigenvalue weighted by atomic mass is 10.2. The lowest BCUT2D eigenvalue weighted by Gasteiger charge is -2.09. The zero-order valence-electron chi connectivity index (χ0n) is 16.5. The van der Waals surface area contributed by atoms with Gasteiger partial charge in [-0.1, -0.05) is 42.4 Å². The number of hydrogen-bond acceptors (Lipinski definition) is 4. The maximum atomic E-state index is 11.4. The summed E-state index contributed by atoms with van der Waals surface area (Å²) in [6.45, 7) is 2.93. The highest BCUT2D eigenvalue weighted by atomic mass is 35.5. The topological polar surface area (TPSA) is 69.3 Å². The number of rotatable bonds is 7. The number of hydrogen-bond donors (Lipinski definition) is 1. The van der Waals surface area contributed by atoms with Gasteiger partial charge in [0.25, 0.3) is 0 Å². The molecule has 0 spiro atoms. The molecular weight excluding hydrogens is 422 g/mol. The van der Waals surface area contributed by atoms with Gasteiger partial charge in [-0.25, -0.2) is 4.79 Å². The molecule has 8 heteroatoms. The number of carbonyl (C=O) groups is 1. The second kappa shape index (κ2) is 8.45. The summed E-state index contributed by atoms with van der Waals surface area (Å²) in [5, 5.41) is 15.3. The molecule has 0 bridgehead atoms. The van der Waals surface area contributed by atoms with E-state index in [-0.39, 0.29) is 5.56 Å².